The Kier molecular flexibility index (Phi) is 5.64. The molecule has 24 heavy (non-hydrogen) atoms. The second-order valence-electron chi connectivity index (χ2n) is 5.03. The molecule has 7 nitrogen and oxygen atoms in total. The molecule has 0 bridgehead atoms. The minimum absolute atomic E-state index is 0.118. The van der Waals surface area contributed by atoms with E-state index in [1.807, 2.05) is 0 Å². The number of aliphatic carboxylic acids is 1. The molecule has 1 aromatic heterocycles. The van der Waals surface area contributed by atoms with Crippen molar-refractivity contribution < 1.29 is 23.1 Å². The molecule has 0 saturated heterocycles. The molecule has 0 radical (unpaired) electrons. The smallest absolute Gasteiger partial charge is 0.326 e. The predicted molar refractivity (Wildman–Crippen MR) is 86.2 cm³/mol. The van der Waals surface area contributed by atoms with E-state index < -0.39 is 27.8 Å². The van der Waals surface area contributed by atoms with E-state index in [4.69, 9.17) is 0 Å². The summed E-state index contributed by atoms with van der Waals surface area (Å²) in [5.74, 6) is -2.30. The van der Waals surface area contributed by atoms with Crippen LogP contribution in [0.2, 0.25) is 0 Å². The van der Waals surface area contributed by atoms with Crippen LogP contribution in [0.4, 0.5) is 0 Å². The van der Waals surface area contributed by atoms with Crippen molar-refractivity contribution in [3.05, 3.63) is 60.4 Å². The maximum atomic E-state index is 12.2. The zero-order valence-electron chi connectivity index (χ0n) is 12.6. The average molecular weight is 348 g/mol. The van der Waals surface area contributed by atoms with E-state index in [1.165, 1.54) is 30.6 Å². The second-order valence-corrected chi connectivity index (χ2v) is 7.14. The van der Waals surface area contributed by atoms with Crippen molar-refractivity contribution in [2.45, 2.75) is 17.4 Å². The Morgan fingerprint density at radius 1 is 1.12 bits per heavy atom. The molecule has 0 spiro atoms. The molecule has 2 rings (SSSR count). The average Bonchev–Trinajstić information content (AvgIpc) is 2.59. The zero-order valence-corrected chi connectivity index (χ0v) is 13.4. The van der Waals surface area contributed by atoms with Gasteiger partial charge in [-0.2, -0.15) is 0 Å². The van der Waals surface area contributed by atoms with Gasteiger partial charge in [0.1, 0.15) is 6.04 Å². The van der Waals surface area contributed by atoms with Crippen LogP contribution in [0, 0.1) is 0 Å². The topological polar surface area (TPSA) is 113 Å². The predicted octanol–water partition coefficient (Wildman–Crippen LogP) is 1.13. The Bertz CT molecular complexity index is 807. The number of aromatic nitrogens is 1. The third-order valence-electron chi connectivity index (χ3n) is 3.30. The molecule has 1 amide bonds. The zero-order chi connectivity index (χ0) is 17.6. The first-order valence-corrected chi connectivity index (χ1v) is 8.77. The summed E-state index contributed by atoms with van der Waals surface area (Å²) in [5, 5.41) is 11.5. The van der Waals surface area contributed by atoms with Crippen LogP contribution in [0.15, 0.2) is 59.8 Å². The SMILES string of the molecule is O=C(N[C@@H](CCS(=O)(=O)c1ccccc1)C(=O)O)c1cccnc1. The van der Waals surface area contributed by atoms with Crippen LogP contribution in [0.3, 0.4) is 0 Å². The highest BCUT2D eigenvalue weighted by Crippen LogP contribution is 2.12. The normalized spacial score (nSPS) is 12.3. The van der Waals surface area contributed by atoms with Crippen molar-refractivity contribution >= 4 is 21.7 Å². The lowest BCUT2D eigenvalue weighted by Gasteiger charge is -2.14. The lowest BCUT2D eigenvalue weighted by Crippen LogP contribution is -2.42. The van der Waals surface area contributed by atoms with E-state index in [0.717, 1.165) is 0 Å². The number of carbonyl (C=O) groups excluding carboxylic acids is 1. The molecule has 126 valence electrons. The fourth-order valence-corrected chi connectivity index (χ4v) is 3.37. The van der Waals surface area contributed by atoms with Gasteiger partial charge >= 0.3 is 5.97 Å². The van der Waals surface area contributed by atoms with Gasteiger partial charge in [0.15, 0.2) is 9.84 Å². The van der Waals surface area contributed by atoms with Crippen LogP contribution in [-0.2, 0) is 14.6 Å². The van der Waals surface area contributed by atoms with Gasteiger partial charge in [-0.05, 0) is 30.7 Å². The van der Waals surface area contributed by atoms with Crippen LogP contribution in [-0.4, -0.2) is 42.2 Å². The van der Waals surface area contributed by atoms with E-state index in [2.05, 4.69) is 10.3 Å². The molecule has 0 aliphatic rings. The highest BCUT2D eigenvalue weighted by molar-refractivity contribution is 7.91. The minimum Gasteiger partial charge on any atom is -0.480 e. The summed E-state index contributed by atoms with van der Waals surface area (Å²) in [7, 11) is -3.62. The van der Waals surface area contributed by atoms with Gasteiger partial charge in [0, 0.05) is 12.4 Å². The highest BCUT2D eigenvalue weighted by Gasteiger charge is 2.24. The van der Waals surface area contributed by atoms with Crippen LogP contribution < -0.4 is 5.32 Å². The maximum absolute atomic E-state index is 12.2. The summed E-state index contributed by atoms with van der Waals surface area (Å²) in [4.78, 5) is 27.2. The molecule has 0 fully saturated rings. The van der Waals surface area contributed by atoms with Crippen molar-refractivity contribution in [3.8, 4) is 0 Å². The third kappa shape index (κ3) is 4.63. The number of carbonyl (C=O) groups is 2. The number of carboxylic acids is 1. The first kappa shape index (κ1) is 17.6. The van der Waals surface area contributed by atoms with Crippen molar-refractivity contribution in [2.75, 3.05) is 5.75 Å². The quantitative estimate of drug-likeness (QED) is 0.775. The van der Waals surface area contributed by atoms with E-state index in [9.17, 15) is 23.1 Å². The molecule has 0 saturated carbocycles. The third-order valence-corrected chi connectivity index (χ3v) is 5.07. The van der Waals surface area contributed by atoms with Crippen molar-refractivity contribution in [3.63, 3.8) is 0 Å². The summed E-state index contributed by atoms with van der Waals surface area (Å²) < 4.78 is 24.4. The first-order valence-electron chi connectivity index (χ1n) is 7.11. The molecule has 1 heterocycles. The minimum atomic E-state index is -3.62. The number of hydrogen-bond donors (Lipinski definition) is 2. The molecule has 0 unspecified atom stereocenters. The van der Waals surface area contributed by atoms with Crippen LogP contribution in [0.25, 0.3) is 0 Å². The number of nitrogens with one attached hydrogen (secondary N) is 1. The fraction of sp³-hybridized carbons (Fsp3) is 0.188. The second kappa shape index (κ2) is 7.69. The van der Waals surface area contributed by atoms with Gasteiger partial charge in [-0.3, -0.25) is 9.78 Å². The molecule has 2 aromatic rings. The van der Waals surface area contributed by atoms with Gasteiger partial charge in [0.25, 0.3) is 5.91 Å². The van der Waals surface area contributed by atoms with Gasteiger partial charge in [-0.15, -0.1) is 0 Å². The summed E-state index contributed by atoms with van der Waals surface area (Å²) >= 11 is 0. The van der Waals surface area contributed by atoms with E-state index in [-0.39, 0.29) is 22.6 Å². The Morgan fingerprint density at radius 3 is 2.42 bits per heavy atom. The molecular weight excluding hydrogens is 332 g/mol. The highest BCUT2D eigenvalue weighted by atomic mass is 32.2. The molecule has 2 N–H and O–H groups in total. The summed E-state index contributed by atoms with van der Waals surface area (Å²) in [6, 6.07) is 9.48. The number of benzene rings is 1. The number of carboxylic acid groups (broad SMARTS) is 1. The van der Waals surface area contributed by atoms with E-state index in [1.54, 1.807) is 24.3 Å². The fourth-order valence-electron chi connectivity index (χ4n) is 2.01. The number of sulfone groups is 1. The van der Waals surface area contributed by atoms with Crippen molar-refractivity contribution in [1.29, 1.82) is 0 Å². The number of nitrogens with zero attached hydrogens (tertiary/aromatic N) is 1. The van der Waals surface area contributed by atoms with Gasteiger partial charge in [0.05, 0.1) is 16.2 Å². The molecule has 8 heteroatoms. The molecule has 0 aliphatic heterocycles. The molecular formula is C16H16N2O5S. The lowest BCUT2D eigenvalue weighted by molar-refractivity contribution is -0.139. The summed E-state index contributed by atoms with van der Waals surface area (Å²) in [6.45, 7) is 0. The van der Waals surface area contributed by atoms with E-state index in [0.29, 0.717) is 0 Å². The molecule has 0 aliphatic carbocycles. The van der Waals surface area contributed by atoms with Crippen molar-refractivity contribution in [2.24, 2.45) is 0 Å². The van der Waals surface area contributed by atoms with Gasteiger partial charge in [-0.25, -0.2) is 13.2 Å². The molecule has 1 atom stereocenters. The number of hydrogen-bond acceptors (Lipinski definition) is 5. The number of rotatable bonds is 7. The Balaban J connectivity index is 2.04. The van der Waals surface area contributed by atoms with Crippen LogP contribution in [0.1, 0.15) is 16.8 Å². The molecule has 1 aromatic carbocycles. The number of amides is 1. The van der Waals surface area contributed by atoms with Crippen LogP contribution >= 0.6 is 0 Å². The van der Waals surface area contributed by atoms with Gasteiger partial charge in [0.2, 0.25) is 0 Å². The summed E-state index contributed by atoms with van der Waals surface area (Å²) in [5.41, 5.74) is 0.203. The first-order chi connectivity index (χ1) is 11.4. The maximum Gasteiger partial charge on any atom is 0.326 e. The van der Waals surface area contributed by atoms with Gasteiger partial charge < -0.3 is 10.4 Å². The Hall–Kier alpha value is -2.74. The number of pyridine rings is 1. The van der Waals surface area contributed by atoms with Crippen molar-refractivity contribution in [1.82, 2.24) is 10.3 Å². The Morgan fingerprint density at radius 2 is 1.83 bits per heavy atom. The summed E-state index contributed by atoms with van der Waals surface area (Å²) in [6.07, 6.45) is 2.55. The lowest BCUT2D eigenvalue weighted by atomic mass is 10.2. The largest absolute Gasteiger partial charge is 0.480 e. The monoisotopic (exact) mass is 348 g/mol. The van der Waals surface area contributed by atoms with Crippen LogP contribution in [0.5, 0.6) is 0 Å². The van der Waals surface area contributed by atoms with Gasteiger partial charge in [-0.1, -0.05) is 18.2 Å². The standard InChI is InChI=1S/C16H16N2O5S/c19-15(12-5-4-9-17-11-12)18-14(16(20)21)8-10-24(22,23)13-6-2-1-3-7-13/h1-7,9,11,14H,8,10H2,(H,18,19)(H,20,21)/t14-/m0/s1. The van der Waals surface area contributed by atoms with E-state index >= 15 is 0 Å². The Labute approximate surface area is 139 Å².